The molecule has 0 radical (unpaired) electrons. The van der Waals surface area contributed by atoms with E-state index in [0.29, 0.717) is 30.4 Å². The highest BCUT2D eigenvalue weighted by atomic mass is 15.3. The standard InChI is InChI=1S/C23H22N6/c24-21-22(26-15-18-9-3-1-4-10-18)27-17-28-23(21)29(20-13-7-8-14-25-20)16-19-11-5-2-6-12-19/h1-14,17H,15-16,24H2,(H,26,27,28). The molecule has 6 nitrogen and oxygen atoms in total. The fourth-order valence-corrected chi connectivity index (χ4v) is 3.07. The van der Waals surface area contributed by atoms with Crippen LogP contribution >= 0.6 is 0 Å². The molecule has 2 heterocycles. The molecule has 0 bridgehead atoms. The lowest BCUT2D eigenvalue weighted by molar-refractivity contribution is 0.916. The second-order valence-electron chi connectivity index (χ2n) is 6.56. The van der Waals surface area contributed by atoms with Crippen LogP contribution in [0.3, 0.4) is 0 Å². The number of aromatic nitrogens is 3. The van der Waals surface area contributed by atoms with Gasteiger partial charge in [0.25, 0.3) is 0 Å². The molecule has 0 saturated heterocycles. The summed E-state index contributed by atoms with van der Waals surface area (Å²) < 4.78 is 0. The van der Waals surface area contributed by atoms with Crippen LogP contribution in [0.2, 0.25) is 0 Å². The molecule has 6 heteroatoms. The van der Waals surface area contributed by atoms with Crippen molar-refractivity contribution in [2.45, 2.75) is 13.1 Å². The van der Waals surface area contributed by atoms with E-state index in [-0.39, 0.29) is 0 Å². The number of nitrogen functional groups attached to an aromatic ring is 1. The maximum absolute atomic E-state index is 6.48. The molecule has 0 aliphatic carbocycles. The Balaban J connectivity index is 1.65. The Labute approximate surface area is 170 Å². The van der Waals surface area contributed by atoms with Crippen molar-refractivity contribution in [3.8, 4) is 0 Å². The zero-order valence-corrected chi connectivity index (χ0v) is 15.9. The van der Waals surface area contributed by atoms with Crippen LogP contribution in [0.5, 0.6) is 0 Å². The average Bonchev–Trinajstić information content (AvgIpc) is 2.79. The molecule has 2 aromatic carbocycles. The van der Waals surface area contributed by atoms with Crippen LogP contribution in [0.1, 0.15) is 11.1 Å². The Morgan fingerprint density at radius 3 is 2.14 bits per heavy atom. The lowest BCUT2D eigenvalue weighted by Gasteiger charge is -2.25. The average molecular weight is 382 g/mol. The van der Waals surface area contributed by atoms with Crippen LogP contribution in [-0.4, -0.2) is 15.0 Å². The van der Waals surface area contributed by atoms with Gasteiger partial charge in [-0.15, -0.1) is 0 Å². The van der Waals surface area contributed by atoms with Gasteiger partial charge in [0.1, 0.15) is 17.8 Å². The normalized spacial score (nSPS) is 10.5. The van der Waals surface area contributed by atoms with E-state index >= 15 is 0 Å². The number of nitrogens with one attached hydrogen (secondary N) is 1. The lowest BCUT2D eigenvalue weighted by Crippen LogP contribution is -2.21. The SMILES string of the molecule is Nc1c(NCc2ccccc2)ncnc1N(Cc1ccccc1)c1ccccn1. The van der Waals surface area contributed by atoms with E-state index in [0.717, 1.165) is 16.9 Å². The number of anilines is 4. The van der Waals surface area contributed by atoms with E-state index in [9.17, 15) is 0 Å². The van der Waals surface area contributed by atoms with E-state index in [2.05, 4.69) is 44.5 Å². The first-order valence-electron chi connectivity index (χ1n) is 9.42. The third kappa shape index (κ3) is 4.50. The van der Waals surface area contributed by atoms with Crippen LogP contribution in [0.25, 0.3) is 0 Å². The summed E-state index contributed by atoms with van der Waals surface area (Å²) >= 11 is 0. The maximum Gasteiger partial charge on any atom is 0.163 e. The van der Waals surface area contributed by atoms with Crippen molar-refractivity contribution in [1.82, 2.24) is 15.0 Å². The van der Waals surface area contributed by atoms with Gasteiger partial charge in [0.2, 0.25) is 0 Å². The minimum absolute atomic E-state index is 0.491. The topological polar surface area (TPSA) is 80.0 Å². The van der Waals surface area contributed by atoms with Gasteiger partial charge in [-0.1, -0.05) is 66.7 Å². The summed E-state index contributed by atoms with van der Waals surface area (Å²) in [5, 5.41) is 3.32. The maximum atomic E-state index is 6.48. The Morgan fingerprint density at radius 2 is 1.45 bits per heavy atom. The molecule has 2 aromatic heterocycles. The molecule has 0 atom stereocenters. The van der Waals surface area contributed by atoms with Gasteiger partial charge in [-0.05, 0) is 23.3 Å². The summed E-state index contributed by atoms with van der Waals surface area (Å²) in [7, 11) is 0. The van der Waals surface area contributed by atoms with Gasteiger partial charge < -0.3 is 16.0 Å². The van der Waals surface area contributed by atoms with Crippen LogP contribution < -0.4 is 16.0 Å². The highest BCUT2D eigenvalue weighted by molar-refractivity contribution is 5.78. The first kappa shape index (κ1) is 18.4. The molecule has 3 N–H and O–H groups in total. The number of rotatable bonds is 7. The number of nitrogens with two attached hydrogens (primary N) is 1. The fourth-order valence-electron chi connectivity index (χ4n) is 3.07. The molecule has 0 spiro atoms. The molecule has 4 aromatic rings. The highest BCUT2D eigenvalue weighted by Gasteiger charge is 2.18. The zero-order chi connectivity index (χ0) is 19.9. The Bertz CT molecular complexity index is 1040. The molecule has 0 aliphatic heterocycles. The van der Waals surface area contributed by atoms with Crippen LogP contribution in [0.15, 0.2) is 91.4 Å². The first-order chi connectivity index (χ1) is 14.3. The van der Waals surface area contributed by atoms with E-state index in [1.54, 1.807) is 6.20 Å². The monoisotopic (exact) mass is 382 g/mol. The van der Waals surface area contributed by atoms with E-state index < -0.39 is 0 Å². The summed E-state index contributed by atoms with van der Waals surface area (Å²) in [5.74, 6) is 2.00. The predicted molar refractivity (Wildman–Crippen MR) is 117 cm³/mol. The zero-order valence-electron chi connectivity index (χ0n) is 15.9. The van der Waals surface area contributed by atoms with Crippen molar-refractivity contribution in [3.63, 3.8) is 0 Å². The fraction of sp³-hybridized carbons (Fsp3) is 0.0870. The Morgan fingerprint density at radius 1 is 0.759 bits per heavy atom. The van der Waals surface area contributed by atoms with E-state index in [1.807, 2.05) is 59.5 Å². The van der Waals surface area contributed by atoms with Gasteiger partial charge >= 0.3 is 0 Å². The van der Waals surface area contributed by atoms with Crippen LogP contribution in [0, 0.1) is 0 Å². The minimum Gasteiger partial charge on any atom is -0.393 e. The summed E-state index contributed by atoms with van der Waals surface area (Å²) in [6, 6.07) is 26.1. The minimum atomic E-state index is 0.491. The molecule has 144 valence electrons. The molecule has 0 aliphatic rings. The molecule has 4 rings (SSSR count). The molecule has 29 heavy (non-hydrogen) atoms. The molecular formula is C23H22N6. The van der Waals surface area contributed by atoms with Gasteiger partial charge in [-0.2, -0.15) is 0 Å². The lowest BCUT2D eigenvalue weighted by atomic mass is 10.2. The van der Waals surface area contributed by atoms with E-state index in [4.69, 9.17) is 5.73 Å². The van der Waals surface area contributed by atoms with Crippen LogP contribution in [-0.2, 0) is 13.1 Å². The van der Waals surface area contributed by atoms with Crippen molar-refractivity contribution < 1.29 is 0 Å². The third-order valence-corrected chi connectivity index (χ3v) is 4.53. The first-order valence-corrected chi connectivity index (χ1v) is 9.42. The number of pyridine rings is 1. The van der Waals surface area contributed by atoms with Crippen LogP contribution in [0.4, 0.5) is 23.1 Å². The Hall–Kier alpha value is -3.93. The number of nitrogens with zero attached hydrogens (tertiary/aromatic N) is 4. The number of hydrogen-bond acceptors (Lipinski definition) is 6. The van der Waals surface area contributed by atoms with Gasteiger partial charge in [0.05, 0.1) is 6.54 Å². The van der Waals surface area contributed by atoms with E-state index in [1.165, 1.54) is 6.33 Å². The van der Waals surface area contributed by atoms with Crippen molar-refractivity contribution >= 4 is 23.1 Å². The second kappa shape index (κ2) is 8.84. The third-order valence-electron chi connectivity index (χ3n) is 4.53. The van der Waals surface area contributed by atoms with Gasteiger partial charge in [0, 0.05) is 12.7 Å². The molecular weight excluding hydrogens is 360 g/mol. The second-order valence-corrected chi connectivity index (χ2v) is 6.56. The van der Waals surface area contributed by atoms with Gasteiger partial charge in [-0.25, -0.2) is 15.0 Å². The Kier molecular flexibility index (Phi) is 5.62. The number of hydrogen-bond donors (Lipinski definition) is 2. The van der Waals surface area contributed by atoms with Gasteiger partial charge in [0.15, 0.2) is 11.6 Å². The summed E-state index contributed by atoms with van der Waals surface area (Å²) in [4.78, 5) is 15.3. The molecule has 0 amide bonds. The molecule has 0 unspecified atom stereocenters. The summed E-state index contributed by atoms with van der Waals surface area (Å²) in [5.41, 5.74) is 9.26. The smallest absolute Gasteiger partial charge is 0.163 e. The van der Waals surface area contributed by atoms with Crippen molar-refractivity contribution in [2.75, 3.05) is 16.0 Å². The predicted octanol–water partition coefficient (Wildman–Crippen LogP) is 4.40. The summed E-state index contributed by atoms with van der Waals surface area (Å²) in [6.45, 7) is 1.22. The van der Waals surface area contributed by atoms with Crippen molar-refractivity contribution in [2.24, 2.45) is 0 Å². The largest absolute Gasteiger partial charge is 0.393 e. The molecule has 0 fully saturated rings. The van der Waals surface area contributed by atoms with Crippen molar-refractivity contribution in [1.29, 1.82) is 0 Å². The molecule has 0 saturated carbocycles. The summed E-state index contributed by atoms with van der Waals surface area (Å²) in [6.07, 6.45) is 3.29. The quantitative estimate of drug-likeness (QED) is 0.493. The van der Waals surface area contributed by atoms with Gasteiger partial charge in [-0.3, -0.25) is 0 Å². The number of benzene rings is 2. The highest BCUT2D eigenvalue weighted by Crippen LogP contribution is 2.32. The van der Waals surface area contributed by atoms with Crippen molar-refractivity contribution in [3.05, 3.63) is 103 Å².